The molecule has 1 amide bonds. The van der Waals surface area contributed by atoms with E-state index < -0.39 is 42.6 Å². The number of benzene rings is 2. The Balaban J connectivity index is 2.16. The van der Waals surface area contributed by atoms with Gasteiger partial charge < -0.3 is 19.8 Å². The van der Waals surface area contributed by atoms with E-state index in [0.29, 0.717) is 22.0 Å². The van der Waals surface area contributed by atoms with Crippen molar-refractivity contribution in [3.05, 3.63) is 69.7 Å². The minimum atomic E-state index is -1.17. The molecule has 160 valence electrons. The second-order valence-corrected chi connectivity index (χ2v) is 8.06. The van der Waals surface area contributed by atoms with Crippen molar-refractivity contribution in [2.45, 2.75) is 44.1 Å². The van der Waals surface area contributed by atoms with Crippen molar-refractivity contribution in [3.8, 4) is 0 Å². The van der Waals surface area contributed by atoms with Crippen LogP contribution in [0, 0.1) is 0 Å². The second kappa shape index (κ2) is 9.79. The fourth-order valence-corrected chi connectivity index (χ4v) is 4.14. The second-order valence-electron chi connectivity index (χ2n) is 7.18. The lowest BCUT2D eigenvalue weighted by Gasteiger charge is -2.47. The molecule has 2 aromatic carbocycles. The van der Waals surface area contributed by atoms with E-state index in [4.69, 9.17) is 27.9 Å². The molecule has 30 heavy (non-hydrogen) atoms. The van der Waals surface area contributed by atoms with Gasteiger partial charge in [-0.3, -0.25) is 9.59 Å². The molecule has 4 atom stereocenters. The van der Waals surface area contributed by atoms with Crippen LogP contribution in [0.25, 0.3) is 0 Å². The number of carboxylic acids is 1. The van der Waals surface area contributed by atoms with Crippen LogP contribution >= 0.6 is 23.2 Å². The fourth-order valence-electron chi connectivity index (χ4n) is 3.81. The van der Waals surface area contributed by atoms with Gasteiger partial charge in [0.05, 0.1) is 25.1 Å². The molecule has 1 heterocycles. The van der Waals surface area contributed by atoms with Gasteiger partial charge in [-0.25, -0.2) is 0 Å². The molecule has 0 aliphatic carbocycles. The fraction of sp³-hybridized carbons (Fsp3) is 0.364. The van der Waals surface area contributed by atoms with Crippen LogP contribution in [0.3, 0.4) is 0 Å². The summed E-state index contributed by atoms with van der Waals surface area (Å²) in [5, 5.41) is 20.3. The highest BCUT2D eigenvalue weighted by Crippen LogP contribution is 2.44. The average Bonchev–Trinajstić information content (AvgIpc) is 2.71. The van der Waals surface area contributed by atoms with E-state index in [0.717, 1.165) is 5.56 Å². The van der Waals surface area contributed by atoms with E-state index in [1.165, 1.54) is 0 Å². The number of hydrogen-bond acceptors (Lipinski definition) is 4. The first-order chi connectivity index (χ1) is 14.3. The van der Waals surface area contributed by atoms with Gasteiger partial charge in [0.2, 0.25) is 0 Å². The number of halogens is 2. The Bertz CT molecular complexity index is 901. The van der Waals surface area contributed by atoms with E-state index in [1.54, 1.807) is 47.4 Å². The molecule has 1 saturated heterocycles. The van der Waals surface area contributed by atoms with Crippen molar-refractivity contribution in [3.63, 3.8) is 0 Å². The number of carbonyl (C=O) groups is 2. The lowest BCUT2D eigenvalue weighted by atomic mass is 9.89. The Morgan fingerprint density at radius 2 is 1.83 bits per heavy atom. The summed E-state index contributed by atoms with van der Waals surface area (Å²) in [6, 6.07) is 13.0. The van der Waals surface area contributed by atoms with E-state index in [-0.39, 0.29) is 6.61 Å². The predicted octanol–water partition coefficient (Wildman–Crippen LogP) is 4.25. The number of rotatable bonds is 7. The molecule has 6 nitrogen and oxygen atoms in total. The number of ether oxygens (including phenoxy) is 1. The van der Waals surface area contributed by atoms with E-state index in [1.807, 2.05) is 13.0 Å². The van der Waals surface area contributed by atoms with E-state index in [9.17, 15) is 19.8 Å². The number of carboxylic acid groups (broad SMARTS) is 1. The van der Waals surface area contributed by atoms with Gasteiger partial charge in [0.1, 0.15) is 12.2 Å². The van der Waals surface area contributed by atoms with E-state index in [2.05, 4.69) is 0 Å². The molecule has 3 rings (SSSR count). The van der Waals surface area contributed by atoms with Crippen LogP contribution < -0.4 is 0 Å². The molecular weight excluding hydrogens is 429 g/mol. The summed E-state index contributed by atoms with van der Waals surface area (Å²) in [5.74, 6) is -1.60. The smallest absolute Gasteiger partial charge is 0.306 e. The van der Waals surface area contributed by atoms with Crippen LogP contribution in [-0.2, 0) is 14.3 Å². The van der Waals surface area contributed by atoms with Crippen molar-refractivity contribution in [1.29, 1.82) is 0 Å². The normalized spacial score (nSPS) is 22.7. The van der Waals surface area contributed by atoms with E-state index >= 15 is 0 Å². The van der Waals surface area contributed by atoms with Gasteiger partial charge >= 0.3 is 5.97 Å². The molecule has 1 unspecified atom stereocenters. The topological polar surface area (TPSA) is 87.1 Å². The summed E-state index contributed by atoms with van der Waals surface area (Å²) in [7, 11) is 0. The number of hydrogen-bond donors (Lipinski definition) is 2. The third kappa shape index (κ3) is 4.78. The zero-order chi connectivity index (χ0) is 21.8. The molecule has 0 bridgehead atoms. The van der Waals surface area contributed by atoms with Crippen molar-refractivity contribution < 1.29 is 24.5 Å². The summed E-state index contributed by atoms with van der Waals surface area (Å²) in [5.41, 5.74) is 1.47. The maximum absolute atomic E-state index is 13.3. The first-order valence-corrected chi connectivity index (χ1v) is 10.4. The minimum Gasteiger partial charge on any atom is -0.481 e. The van der Waals surface area contributed by atoms with Crippen LogP contribution in [0.4, 0.5) is 0 Å². The lowest BCUT2D eigenvalue weighted by molar-refractivity contribution is -0.184. The van der Waals surface area contributed by atoms with Gasteiger partial charge in [0.15, 0.2) is 0 Å². The number of aliphatic hydroxyl groups is 1. The third-order valence-electron chi connectivity index (χ3n) is 5.25. The molecule has 2 N–H and O–H groups in total. The Hall–Kier alpha value is -2.12. The lowest BCUT2D eigenvalue weighted by Crippen LogP contribution is -2.56. The molecule has 1 aliphatic rings. The van der Waals surface area contributed by atoms with Gasteiger partial charge in [0.25, 0.3) is 5.91 Å². The minimum absolute atomic E-state index is 0.256. The molecule has 0 saturated carbocycles. The van der Waals surface area contributed by atoms with Crippen molar-refractivity contribution >= 4 is 35.1 Å². The maximum Gasteiger partial charge on any atom is 0.306 e. The van der Waals surface area contributed by atoms with Gasteiger partial charge in [-0.2, -0.15) is 0 Å². The largest absolute Gasteiger partial charge is 0.481 e. The molecule has 0 spiro atoms. The average molecular weight is 452 g/mol. The van der Waals surface area contributed by atoms with Gasteiger partial charge in [-0.15, -0.1) is 0 Å². The number of amides is 1. The highest BCUT2D eigenvalue weighted by Gasteiger charge is 2.46. The number of carbonyl (C=O) groups excluding carboxylic acids is 1. The Morgan fingerprint density at radius 1 is 1.13 bits per heavy atom. The molecular formula is C22H23Cl2NO5. The summed E-state index contributed by atoms with van der Waals surface area (Å²) >= 11 is 12.2. The zero-order valence-corrected chi connectivity index (χ0v) is 17.9. The van der Waals surface area contributed by atoms with Crippen molar-refractivity contribution in [2.24, 2.45) is 0 Å². The van der Waals surface area contributed by atoms with Crippen LogP contribution in [0.2, 0.25) is 10.0 Å². The predicted molar refractivity (Wildman–Crippen MR) is 114 cm³/mol. The molecule has 2 aromatic rings. The Kier molecular flexibility index (Phi) is 7.36. The monoisotopic (exact) mass is 451 g/mol. The summed E-state index contributed by atoms with van der Waals surface area (Å²) < 4.78 is 6.07. The molecule has 0 radical (unpaired) electrons. The van der Waals surface area contributed by atoms with Crippen LogP contribution in [0.5, 0.6) is 0 Å². The summed E-state index contributed by atoms with van der Waals surface area (Å²) in [6.07, 6.45) is -1.82. The van der Waals surface area contributed by atoms with Crippen LogP contribution in [-0.4, -0.2) is 45.7 Å². The highest BCUT2D eigenvalue weighted by molar-refractivity contribution is 6.30. The standard InChI is InChI=1S/C22H23Cl2NO5/c1-2-17(12-26)25-20(13-6-8-15(23)9-7-13)21(14-4-3-5-16(24)10-14)30-18(22(25)29)11-19(27)28/h3-10,17-18,20-21,26H,2,11-12H2,1H3,(H,27,28)/t17-,18-,20+,21?/m0/s1. The quantitative estimate of drug-likeness (QED) is 0.656. The summed E-state index contributed by atoms with van der Waals surface area (Å²) in [6.45, 7) is 1.61. The van der Waals surface area contributed by atoms with Gasteiger partial charge in [0, 0.05) is 10.0 Å². The number of aliphatic carboxylic acids is 1. The number of aliphatic hydroxyl groups excluding tert-OH is 1. The van der Waals surface area contributed by atoms with Gasteiger partial charge in [-0.05, 0) is 41.8 Å². The first kappa shape index (κ1) is 22.6. The maximum atomic E-state index is 13.3. The Morgan fingerprint density at radius 3 is 2.40 bits per heavy atom. The molecule has 8 heteroatoms. The van der Waals surface area contributed by atoms with Crippen molar-refractivity contribution in [1.82, 2.24) is 4.90 Å². The molecule has 1 fully saturated rings. The first-order valence-electron chi connectivity index (χ1n) is 9.66. The number of nitrogens with zero attached hydrogens (tertiary/aromatic N) is 1. The molecule has 1 aliphatic heterocycles. The Labute approximate surface area is 185 Å². The third-order valence-corrected chi connectivity index (χ3v) is 5.74. The SMILES string of the molecule is CC[C@@H](CO)N1C(=O)[C@H](CC(=O)O)OC(c2cccc(Cl)c2)[C@H]1c1ccc(Cl)cc1. The molecule has 0 aromatic heterocycles. The summed E-state index contributed by atoms with van der Waals surface area (Å²) in [4.78, 5) is 26.2. The van der Waals surface area contributed by atoms with Gasteiger partial charge in [-0.1, -0.05) is 54.4 Å². The highest BCUT2D eigenvalue weighted by atomic mass is 35.5. The van der Waals surface area contributed by atoms with Crippen LogP contribution in [0.15, 0.2) is 48.5 Å². The van der Waals surface area contributed by atoms with Crippen molar-refractivity contribution in [2.75, 3.05) is 6.61 Å². The zero-order valence-electron chi connectivity index (χ0n) is 16.4. The number of morpholine rings is 1. The van der Waals surface area contributed by atoms with Crippen LogP contribution in [0.1, 0.15) is 43.0 Å².